The molecular weight excluding hydrogens is 1140 g/mol. The van der Waals surface area contributed by atoms with Crippen molar-refractivity contribution in [1.82, 2.24) is 0 Å². The van der Waals surface area contributed by atoms with Gasteiger partial charge in [0.25, 0.3) is 0 Å². The molecule has 0 atom stereocenters. The summed E-state index contributed by atoms with van der Waals surface area (Å²) in [4.78, 5) is 24.0. The van der Waals surface area contributed by atoms with Crippen molar-refractivity contribution in [2.45, 2.75) is 19.3 Å². The van der Waals surface area contributed by atoms with Gasteiger partial charge in [-0.25, -0.2) is 0 Å². The van der Waals surface area contributed by atoms with Crippen molar-refractivity contribution in [3.8, 4) is 11.5 Å². The summed E-state index contributed by atoms with van der Waals surface area (Å²) in [6.07, 6.45) is -0.738. The fourth-order valence-electron chi connectivity index (χ4n) is 3.00. The van der Waals surface area contributed by atoms with Crippen LogP contribution in [0.4, 0.5) is 0 Å². The van der Waals surface area contributed by atoms with Gasteiger partial charge >= 0.3 is 11.9 Å². The van der Waals surface area contributed by atoms with E-state index in [0.29, 0.717) is 47.3 Å². The standard InChI is InChI=1S/C20H12Br10O6/c21-7-9(23)13(27)17(14(28)10(7)24)35-3-1-20(19(33)34,5-6(31)32)2-4-36-18-15(29)11(25)8(22)12(26)16(18)30/h1-5H2,(H,31,32)(H,33,34). The molecule has 36 heavy (non-hydrogen) atoms. The van der Waals surface area contributed by atoms with Crippen LogP contribution in [0.1, 0.15) is 19.3 Å². The van der Waals surface area contributed by atoms with Crippen LogP contribution in [0.25, 0.3) is 0 Å². The molecule has 2 aromatic rings. The van der Waals surface area contributed by atoms with Crippen LogP contribution in [0, 0.1) is 5.41 Å². The molecule has 0 aliphatic heterocycles. The predicted molar refractivity (Wildman–Crippen MR) is 172 cm³/mol. The highest BCUT2D eigenvalue weighted by Gasteiger charge is 2.41. The molecule has 198 valence electrons. The average Bonchev–Trinajstić information content (AvgIpc) is 2.82. The summed E-state index contributed by atoms with van der Waals surface area (Å²) in [6, 6.07) is 0. The average molecular weight is 1150 g/mol. The molecule has 0 radical (unpaired) electrons. The third kappa shape index (κ3) is 7.74. The maximum absolute atomic E-state index is 12.4. The summed E-state index contributed by atoms with van der Waals surface area (Å²) in [7, 11) is 0. The Hall–Kier alpha value is 1.78. The molecule has 0 unspecified atom stereocenters. The fourth-order valence-corrected chi connectivity index (χ4v) is 9.48. The Labute approximate surface area is 290 Å². The van der Waals surface area contributed by atoms with Gasteiger partial charge in [0.2, 0.25) is 0 Å². The Kier molecular flexibility index (Phi) is 13.8. The van der Waals surface area contributed by atoms with E-state index in [1.54, 1.807) is 0 Å². The second-order valence-electron chi connectivity index (χ2n) is 7.15. The molecule has 2 aromatic carbocycles. The molecule has 0 spiro atoms. The number of carbonyl (C=O) groups is 2. The highest BCUT2D eigenvalue weighted by Crippen LogP contribution is 2.50. The highest BCUT2D eigenvalue weighted by atomic mass is 79.9. The van der Waals surface area contributed by atoms with Gasteiger partial charge in [0.15, 0.2) is 0 Å². The first-order chi connectivity index (χ1) is 16.7. The molecule has 0 aliphatic carbocycles. The Morgan fingerprint density at radius 2 is 0.833 bits per heavy atom. The van der Waals surface area contributed by atoms with Gasteiger partial charge in [-0.05, 0) is 172 Å². The lowest BCUT2D eigenvalue weighted by molar-refractivity contribution is -0.157. The third-order valence-corrected chi connectivity index (χ3v) is 17.0. The molecule has 0 fully saturated rings. The number of hydrogen-bond donors (Lipinski definition) is 2. The first-order valence-electron chi connectivity index (χ1n) is 9.40. The first kappa shape index (κ1) is 34.0. The quantitative estimate of drug-likeness (QED) is 0.172. The third-order valence-electron chi connectivity index (χ3n) is 4.94. The zero-order chi connectivity index (χ0) is 27.5. The summed E-state index contributed by atoms with van der Waals surface area (Å²) in [5, 5.41) is 19.6. The van der Waals surface area contributed by atoms with Gasteiger partial charge in [-0.15, -0.1) is 0 Å². The van der Waals surface area contributed by atoms with E-state index in [-0.39, 0.29) is 26.1 Å². The number of benzene rings is 2. The zero-order valence-corrected chi connectivity index (χ0v) is 33.2. The molecular formula is C20H12Br10O6. The number of halogens is 10. The maximum atomic E-state index is 12.4. The predicted octanol–water partition coefficient (Wildman–Crippen LogP) is 11.1. The van der Waals surface area contributed by atoms with E-state index in [1.807, 2.05) is 0 Å². The summed E-state index contributed by atoms with van der Waals surface area (Å²) in [5.41, 5.74) is -1.63. The molecule has 0 bridgehead atoms. The van der Waals surface area contributed by atoms with Crippen LogP contribution in [-0.4, -0.2) is 35.4 Å². The van der Waals surface area contributed by atoms with Gasteiger partial charge in [0.1, 0.15) is 11.5 Å². The smallest absolute Gasteiger partial charge is 0.310 e. The van der Waals surface area contributed by atoms with Crippen LogP contribution in [0.15, 0.2) is 44.7 Å². The Balaban J connectivity index is 2.27. The maximum Gasteiger partial charge on any atom is 0.310 e. The van der Waals surface area contributed by atoms with E-state index in [0.717, 1.165) is 8.95 Å². The van der Waals surface area contributed by atoms with Crippen LogP contribution in [0.3, 0.4) is 0 Å². The highest BCUT2D eigenvalue weighted by molar-refractivity contribution is 9.16. The Morgan fingerprint density at radius 3 is 1.08 bits per heavy atom. The van der Waals surface area contributed by atoms with Crippen molar-refractivity contribution in [3.63, 3.8) is 0 Å². The van der Waals surface area contributed by atoms with E-state index >= 15 is 0 Å². The number of ether oxygens (including phenoxy) is 2. The van der Waals surface area contributed by atoms with Crippen LogP contribution >= 0.6 is 159 Å². The second kappa shape index (κ2) is 14.6. The Bertz CT molecular complexity index is 1070. The topological polar surface area (TPSA) is 93.1 Å². The van der Waals surface area contributed by atoms with Crippen molar-refractivity contribution in [2.75, 3.05) is 13.2 Å². The SMILES string of the molecule is O=C(O)CC(CCOc1c(Br)c(Br)c(Br)c(Br)c1Br)(CCOc1c(Br)c(Br)c(Br)c(Br)c1Br)C(=O)O. The lowest BCUT2D eigenvalue weighted by Crippen LogP contribution is -2.37. The monoisotopic (exact) mass is 1140 g/mol. The number of rotatable bonds is 11. The Morgan fingerprint density at radius 1 is 0.556 bits per heavy atom. The van der Waals surface area contributed by atoms with E-state index in [9.17, 15) is 19.8 Å². The molecule has 0 saturated heterocycles. The second-order valence-corrected chi connectivity index (χ2v) is 15.1. The van der Waals surface area contributed by atoms with Crippen LogP contribution in [0.2, 0.25) is 0 Å². The van der Waals surface area contributed by atoms with Gasteiger partial charge in [-0.1, -0.05) is 0 Å². The van der Waals surface area contributed by atoms with Crippen molar-refractivity contribution < 1.29 is 29.3 Å². The van der Waals surface area contributed by atoms with Crippen molar-refractivity contribution in [2.24, 2.45) is 5.41 Å². The van der Waals surface area contributed by atoms with Crippen LogP contribution in [-0.2, 0) is 9.59 Å². The van der Waals surface area contributed by atoms with Gasteiger partial charge in [-0.3, -0.25) is 9.59 Å². The van der Waals surface area contributed by atoms with E-state index in [4.69, 9.17) is 9.47 Å². The molecule has 0 saturated carbocycles. The van der Waals surface area contributed by atoms with Gasteiger partial charge in [0.05, 0.1) is 60.8 Å². The van der Waals surface area contributed by atoms with Gasteiger partial charge < -0.3 is 19.7 Å². The van der Waals surface area contributed by atoms with Crippen LogP contribution in [0.5, 0.6) is 11.5 Å². The van der Waals surface area contributed by atoms with Crippen molar-refractivity contribution >= 4 is 171 Å². The lowest BCUT2D eigenvalue weighted by atomic mass is 9.78. The van der Waals surface area contributed by atoms with Crippen molar-refractivity contribution in [1.29, 1.82) is 0 Å². The molecule has 0 aromatic heterocycles. The molecule has 0 amide bonds. The molecule has 2 N–H and O–H groups in total. The molecule has 16 heteroatoms. The largest absolute Gasteiger partial charge is 0.491 e. The molecule has 6 nitrogen and oxygen atoms in total. The number of hydrogen-bond acceptors (Lipinski definition) is 4. The summed E-state index contributed by atoms with van der Waals surface area (Å²) in [6.45, 7) is -0.111. The summed E-state index contributed by atoms with van der Waals surface area (Å²) < 4.78 is 18.5. The minimum Gasteiger partial charge on any atom is -0.491 e. The number of carboxylic acid groups (broad SMARTS) is 2. The zero-order valence-electron chi connectivity index (χ0n) is 17.3. The normalized spacial score (nSPS) is 11.5. The van der Waals surface area contributed by atoms with E-state index in [2.05, 4.69) is 159 Å². The fraction of sp³-hybridized carbons (Fsp3) is 0.300. The lowest BCUT2D eigenvalue weighted by Gasteiger charge is -2.28. The van der Waals surface area contributed by atoms with Gasteiger partial charge in [0, 0.05) is 8.95 Å². The summed E-state index contributed by atoms with van der Waals surface area (Å²) >= 11 is 34.6. The van der Waals surface area contributed by atoms with Gasteiger partial charge in [-0.2, -0.15) is 0 Å². The molecule has 0 heterocycles. The van der Waals surface area contributed by atoms with E-state index < -0.39 is 23.8 Å². The number of aliphatic carboxylic acids is 2. The minimum atomic E-state index is -1.63. The van der Waals surface area contributed by atoms with E-state index in [1.165, 1.54) is 0 Å². The summed E-state index contributed by atoms with van der Waals surface area (Å²) in [5.74, 6) is -1.62. The number of carboxylic acids is 2. The first-order valence-corrected chi connectivity index (χ1v) is 17.3. The van der Waals surface area contributed by atoms with Crippen molar-refractivity contribution in [3.05, 3.63) is 44.7 Å². The molecule has 0 aliphatic rings. The van der Waals surface area contributed by atoms with Crippen LogP contribution < -0.4 is 9.47 Å². The molecule has 2 rings (SSSR count). The minimum absolute atomic E-state index is 0.0555.